The second-order valence-corrected chi connectivity index (χ2v) is 6.19. The van der Waals surface area contributed by atoms with Crippen LogP contribution in [-0.2, 0) is 6.42 Å². The first-order valence-corrected chi connectivity index (χ1v) is 8.12. The van der Waals surface area contributed by atoms with E-state index in [0.29, 0.717) is 5.92 Å². The van der Waals surface area contributed by atoms with E-state index in [1.807, 2.05) is 0 Å². The minimum absolute atomic E-state index is 0.536. The summed E-state index contributed by atoms with van der Waals surface area (Å²) in [7, 11) is 0. The van der Waals surface area contributed by atoms with Gasteiger partial charge in [-0.1, -0.05) is 31.2 Å². The smallest absolute Gasteiger partial charge is 0.107 e. The molecule has 1 atom stereocenters. The van der Waals surface area contributed by atoms with Crippen LogP contribution < -0.4 is 5.32 Å². The van der Waals surface area contributed by atoms with E-state index >= 15 is 0 Å². The summed E-state index contributed by atoms with van der Waals surface area (Å²) in [5.74, 6) is 0.536. The van der Waals surface area contributed by atoms with Crippen molar-refractivity contribution in [2.75, 3.05) is 13.1 Å². The largest absolute Gasteiger partial charge is 0.316 e. The number of hydrogen-bond donors (Lipinski definition) is 2. The van der Waals surface area contributed by atoms with Gasteiger partial charge in [-0.2, -0.15) is 5.10 Å². The summed E-state index contributed by atoms with van der Waals surface area (Å²) in [6.45, 7) is 4.34. The molecule has 1 aliphatic heterocycles. The quantitative estimate of drug-likeness (QED) is 0.895. The molecule has 0 aliphatic carbocycles. The van der Waals surface area contributed by atoms with Gasteiger partial charge in [-0.05, 0) is 47.3 Å². The lowest BCUT2D eigenvalue weighted by Crippen LogP contribution is -2.28. The molecule has 20 heavy (non-hydrogen) atoms. The number of benzene rings is 1. The fraction of sp³-hybridized carbons (Fsp3) is 0.438. The first-order valence-electron chi connectivity index (χ1n) is 7.33. The lowest BCUT2D eigenvalue weighted by Gasteiger charge is -2.21. The third-order valence-corrected chi connectivity index (χ3v) is 4.88. The van der Waals surface area contributed by atoms with Gasteiger partial charge in [0.25, 0.3) is 0 Å². The van der Waals surface area contributed by atoms with Crippen molar-refractivity contribution in [1.29, 1.82) is 0 Å². The molecule has 0 amide bonds. The van der Waals surface area contributed by atoms with Crippen LogP contribution in [0.1, 0.15) is 36.9 Å². The van der Waals surface area contributed by atoms with Crippen LogP contribution in [0.15, 0.2) is 28.7 Å². The van der Waals surface area contributed by atoms with Crippen LogP contribution in [0.25, 0.3) is 11.3 Å². The highest BCUT2D eigenvalue weighted by Gasteiger charge is 2.22. The molecule has 0 radical (unpaired) electrons. The van der Waals surface area contributed by atoms with Gasteiger partial charge in [0.15, 0.2) is 0 Å². The Labute approximate surface area is 128 Å². The number of piperidine rings is 1. The van der Waals surface area contributed by atoms with E-state index in [-0.39, 0.29) is 0 Å². The summed E-state index contributed by atoms with van der Waals surface area (Å²) in [4.78, 5) is 0. The summed E-state index contributed by atoms with van der Waals surface area (Å²) in [5, 5.41) is 11.2. The van der Waals surface area contributed by atoms with Crippen LogP contribution >= 0.6 is 15.9 Å². The minimum atomic E-state index is 0.536. The molecule has 106 valence electrons. The highest BCUT2D eigenvalue weighted by Crippen LogP contribution is 2.34. The number of hydrogen-bond acceptors (Lipinski definition) is 2. The predicted molar refractivity (Wildman–Crippen MR) is 85.9 cm³/mol. The van der Waals surface area contributed by atoms with Crippen molar-refractivity contribution >= 4 is 15.9 Å². The Morgan fingerprint density at radius 3 is 2.75 bits per heavy atom. The molecular formula is C16H20BrN3. The molecular weight excluding hydrogens is 314 g/mol. The molecule has 2 aromatic rings. The lowest BCUT2D eigenvalue weighted by molar-refractivity contribution is 0.453. The average molecular weight is 334 g/mol. The lowest BCUT2D eigenvalue weighted by atomic mass is 9.95. The topological polar surface area (TPSA) is 40.7 Å². The Balaban J connectivity index is 1.88. The predicted octanol–water partition coefficient (Wildman–Crippen LogP) is 3.87. The van der Waals surface area contributed by atoms with Crippen LogP contribution in [-0.4, -0.2) is 23.3 Å². The molecule has 1 unspecified atom stereocenters. The maximum absolute atomic E-state index is 4.52. The van der Waals surface area contributed by atoms with Gasteiger partial charge in [0.1, 0.15) is 5.69 Å². The summed E-state index contributed by atoms with van der Waals surface area (Å²) in [6.07, 6.45) is 3.53. The van der Waals surface area contributed by atoms with E-state index in [4.69, 9.17) is 0 Å². The standard InChI is InChI=1S/C16H20BrN3/c1-2-11-5-7-12(8-6-11)15-14(17)16(20-19-15)13-4-3-9-18-10-13/h5-8,13,18H,2-4,9-10H2,1H3,(H,19,20). The zero-order valence-corrected chi connectivity index (χ0v) is 13.3. The zero-order valence-electron chi connectivity index (χ0n) is 11.7. The van der Waals surface area contributed by atoms with Crippen molar-refractivity contribution in [3.05, 3.63) is 40.0 Å². The number of nitrogens with one attached hydrogen (secondary N) is 2. The van der Waals surface area contributed by atoms with Crippen LogP contribution in [0.5, 0.6) is 0 Å². The fourth-order valence-corrected chi connectivity index (χ4v) is 3.53. The van der Waals surface area contributed by atoms with Gasteiger partial charge in [-0.15, -0.1) is 0 Å². The van der Waals surface area contributed by atoms with Crippen molar-refractivity contribution in [3.8, 4) is 11.3 Å². The van der Waals surface area contributed by atoms with E-state index in [9.17, 15) is 0 Å². The van der Waals surface area contributed by atoms with Gasteiger partial charge in [-0.25, -0.2) is 0 Å². The van der Waals surface area contributed by atoms with Crippen molar-refractivity contribution in [3.63, 3.8) is 0 Å². The van der Waals surface area contributed by atoms with Gasteiger partial charge in [0, 0.05) is 18.0 Å². The third-order valence-electron chi connectivity index (χ3n) is 4.07. The fourth-order valence-electron chi connectivity index (χ4n) is 2.80. The van der Waals surface area contributed by atoms with Crippen molar-refractivity contribution in [1.82, 2.24) is 15.5 Å². The maximum Gasteiger partial charge on any atom is 0.107 e. The molecule has 4 heteroatoms. The van der Waals surface area contributed by atoms with Gasteiger partial charge < -0.3 is 5.32 Å². The Kier molecular flexibility index (Phi) is 4.22. The molecule has 2 heterocycles. The van der Waals surface area contributed by atoms with E-state index in [1.54, 1.807) is 0 Å². The van der Waals surface area contributed by atoms with E-state index in [1.165, 1.54) is 29.7 Å². The molecule has 3 nitrogen and oxygen atoms in total. The van der Waals surface area contributed by atoms with Gasteiger partial charge in [-0.3, -0.25) is 5.10 Å². The second-order valence-electron chi connectivity index (χ2n) is 5.39. The van der Waals surface area contributed by atoms with Crippen LogP contribution in [0, 0.1) is 0 Å². The summed E-state index contributed by atoms with van der Waals surface area (Å²) in [6, 6.07) is 8.67. The van der Waals surface area contributed by atoms with E-state index in [0.717, 1.165) is 29.7 Å². The van der Waals surface area contributed by atoms with Gasteiger partial charge in [0.05, 0.1) is 10.2 Å². The van der Waals surface area contributed by atoms with Crippen molar-refractivity contribution in [2.24, 2.45) is 0 Å². The highest BCUT2D eigenvalue weighted by molar-refractivity contribution is 9.10. The molecule has 0 spiro atoms. The maximum atomic E-state index is 4.52. The molecule has 1 aromatic carbocycles. The third kappa shape index (κ3) is 2.67. The number of aromatic nitrogens is 2. The molecule has 1 aliphatic rings. The Morgan fingerprint density at radius 1 is 1.30 bits per heavy atom. The van der Waals surface area contributed by atoms with Crippen LogP contribution in [0.4, 0.5) is 0 Å². The first-order chi connectivity index (χ1) is 9.79. The molecule has 1 fully saturated rings. The molecule has 2 N–H and O–H groups in total. The SMILES string of the molecule is CCc1ccc(-c2n[nH]c(C3CCCNC3)c2Br)cc1. The van der Waals surface area contributed by atoms with Crippen LogP contribution in [0.3, 0.4) is 0 Å². The number of nitrogens with zero attached hydrogens (tertiary/aromatic N) is 1. The molecule has 1 saturated heterocycles. The Bertz CT molecular complexity index is 568. The van der Waals surface area contributed by atoms with Crippen molar-refractivity contribution in [2.45, 2.75) is 32.1 Å². The molecule has 1 aromatic heterocycles. The van der Waals surface area contributed by atoms with Gasteiger partial charge >= 0.3 is 0 Å². The zero-order chi connectivity index (χ0) is 13.9. The number of aryl methyl sites for hydroxylation is 1. The summed E-state index contributed by atoms with van der Waals surface area (Å²) >= 11 is 3.74. The Morgan fingerprint density at radius 2 is 2.10 bits per heavy atom. The number of H-pyrrole nitrogens is 1. The average Bonchev–Trinajstić information content (AvgIpc) is 2.90. The normalized spacial score (nSPS) is 19.2. The monoisotopic (exact) mass is 333 g/mol. The minimum Gasteiger partial charge on any atom is -0.316 e. The van der Waals surface area contributed by atoms with Crippen LogP contribution in [0.2, 0.25) is 0 Å². The summed E-state index contributed by atoms with van der Waals surface area (Å²) < 4.78 is 1.12. The van der Waals surface area contributed by atoms with Gasteiger partial charge in [0.2, 0.25) is 0 Å². The Hall–Kier alpha value is -1.13. The van der Waals surface area contributed by atoms with Crippen molar-refractivity contribution < 1.29 is 0 Å². The molecule has 3 rings (SSSR count). The number of halogens is 1. The van der Waals surface area contributed by atoms with E-state index in [2.05, 4.69) is 62.6 Å². The first kappa shape index (κ1) is 13.8. The molecule has 0 saturated carbocycles. The number of aromatic amines is 1. The summed E-state index contributed by atoms with van der Waals surface area (Å²) in [5.41, 5.74) is 4.78. The van der Waals surface area contributed by atoms with E-state index < -0.39 is 0 Å². The second kappa shape index (κ2) is 6.10. The highest BCUT2D eigenvalue weighted by atomic mass is 79.9. The number of rotatable bonds is 3. The molecule has 0 bridgehead atoms.